The average molecular weight is 223 g/mol. The molecule has 0 radical (unpaired) electrons. The summed E-state index contributed by atoms with van der Waals surface area (Å²) in [5.41, 5.74) is 5.33. The Morgan fingerprint density at radius 1 is 1.27 bits per heavy atom. The molecule has 6 atom stereocenters. The molecule has 0 aliphatic carbocycles. The second kappa shape index (κ2) is 5.17. The van der Waals surface area contributed by atoms with Gasteiger partial charge in [0.1, 0.15) is 30.6 Å². The van der Waals surface area contributed by atoms with E-state index in [1.165, 1.54) is 6.92 Å². The third kappa shape index (κ3) is 2.85. The van der Waals surface area contributed by atoms with Crippen LogP contribution in [0.4, 0.5) is 0 Å². The molecule has 7 heteroatoms. The van der Waals surface area contributed by atoms with Crippen molar-refractivity contribution in [2.24, 2.45) is 5.73 Å². The van der Waals surface area contributed by atoms with E-state index in [1.54, 1.807) is 0 Å². The van der Waals surface area contributed by atoms with Crippen molar-refractivity contribution in [3.05, 3.63) is 0 Å². The number of hydrogen-bond donors (Lipinski definition) is 5. The van der Waals surface area contributed by atoms with Crippen molar-refractivity contribution in [3.63, 3.8) is 0 Å². The van der Waals surface area contributed by atoms with Gasteiger partial charge >= 0.3 is 0 Å². The molecule has 0 spiro atoms. The molecule has 0 aromatic heterocycles. The summed E-state index contributed by atoms with van der Waals surface area (Å²) in [5.74, 6) is 0. The van der Waals surface area contributed by atoms with Gasteiger partial charge in [0, 0.05) is 0 Å². The summed E-state index contributed by atoms with van der Waals surface area (Å²) in [4.78, 5) is 0. The molecule has 0 aromatic rings. The quantitative estimate of drug-likeness (QED) is 0.325. The minimum Gasteiger partial charge on any atom is -0.394 e. The van der Waals surface area contributed by atoms with Gasteiger partial charge in [0.05, 0.1) is 6.61 Å². The Hall–Kier alpha value is -0.280. The van der Waals surface area contributed by atoms with Crippen molar-refractivity contribution in [1.82, 2.24) is 0 Å². The highest BCUT2D eigenvalue weighted by molar-refractivity contribution is 4.88. The van der Waals surface area contributed by atoms with Gasteiger partial charge in [-0.2, -0.15) is 0 Å². The predicted octanol–water partition coefficient (Wildman–Crippen LogP) is -2.89. The molecule has 0 saturated carbocycles. The van der Waals surface area contributed by atoms with Crippen LogP contribution in [0.2, 0.25) is 0 Å². The van der Waals surface area contributed by atoms with Crippen molar-refractivity contribution in [1.29, 1.82) is 0 Å². The molecular formula is C8H17NO6. The van der Waals surface area contributed by atoms with Crippen molar-refractivity contribution < 1.29 is 29.9 Å². The van der Waals surface area contributed by atoms with Gasteiger partial charge in [-0.1, -0.05) is 0 Å². The first-order chi connectivity index (χ1) is 6.97. The van der Waals surface area contributed by atoms with Gasteiger partial charge in [-0.15, -0.1) is 0 Å². The summed E-state index contributed by atoms with van der Waals surface area (Å²) < 4.78 is 10.0. The molecular weight excluding hydrogens is 206 g/mol. The van der Waals surface area contributed by atoms with E-state index in [0.29, 0.717) is 0 Å². The molecule has 0 aromatic carbocycles. The van der Waals surface area contributed by atoms with E-state index in [1.807, 2.05) is 0 Å². The minimum absolute atomic E-state index is 0.482. The van der Waals surface area contributed by atoms with Crippen LogP contribution in [0.1, 0.15) is 6.92 Å². The fourth-order valence-electron chi connectivity index (χ4n) is 1.39. The Kier molecular flexibility index (Phi) is 4.41. The van der Waals surface area contributed by atoms with Gasteiger partial charge < -0.3 is 35.6 Å². The summed E-state index contributed by atoms with van der Waals surface area (Å²) in [6.45, 7) is 1.05. The molecule has 1 rings (SSSR count). The topological polar surface area (TPSA) is 125 Å². The van der Waals surface area contributed by atoms with Crippen LogP contribution in [0, 0.1) is 0 Å². The van der Waals surface area contributed by atoms with Crippen molar-refractivity contribution in [2.75, 3.05) is 6.61 Å². The van der Waals surface area contributed by atoms with Gasteiger partial charge in [0.15, 0.2) is 6.29 Å². The number of aliphatic hydroxyl groups excluding tert-OH is 4. The first-order valence-electron chi connectivity index (χ1n) is 4.69. The fraction of sp³-hybridized carbons (Fsp3) is 1.00. The maximum atomic E-state index is 9.47. The largest absolute Gasteiger partial charge is 0.394 e. The highest BCUT2D eigenvalue weighted by Gasteiger charge is 2.44. The van der Waals surface area contributed by atoms with E-state index in [4.69, 9.17) is 20.3 Å². The second-order valence-electron chi connectivity index (χ2n) is 3.54. The van der Waals surface area contributed by atoms with Crippen molar-refractivity contribution in [3.8, 4) is 0 Å². The van der Waals surface area contributed by atoms with Gasteiger partial charge in [-0.25, -0.2) is 0 Å². The summed E-state index contributed by atoms with van der Waals surface area (Å²) in [6.07, 6.45) is -7.01. The van der Waals surface area contributed by atoms with Crippen LogP contribution >= 0.6 is 0 Å². The number of nitrogens with two attached hydrogens (primary N) is 1. The lowest BCUT2D eigenvalue weighted by Crippen LogP contribution is -2.59. The van der Waals surface area contributed by atoms with Gasteiger partial charge in [0.2, 0.25) is 0 Å². The monoisotopic (exact) mass is 223 g/mol. The molecule has 1 fully saturated rings. The lowest BCUT2D eigenvalue weighted by atomic mass is 9.99. The van der Waals surface area contributed by atoms with Gasteiger partial charge in [-0.05, 0) is 6.92 Å². The van der Waals surface area contributed by atoms with Crippen LogP contribution in [-0.2, 0) is 9.47 Å². The standard InChI is InChI=1S/C8H17NO6/c1-3(9)14-8-7(13)6(12)5(11)4(2-10)15-8/h3-8,10-13H,2,9H2,1H3/t3?,4-,5-,6+,7+,8+/m1/s1. The zero-order valence-electron chi connectivity index (χ0n) is 8.35. The molecule has 1 aliphatic heterocycles. The van der Waals surface area contributed by atoms with E-state index in [0.717, 1.165) is 0 Å². The Labute approximate surface area is 87.0 Å². The highest BCUT2D eigenvalue weighted by Crippen LogP contribution is 2.22. The lowest BCUT2D eigenvalue weighted by Gasteiger charge is -2.40. The van der Waals surface area contributed by atoms with Crippen molar-refractivity contribution >= 4 is 0 Å². The summed E-state index contributed by atoms with van der Waals surface area (Å²) in [6, 6.07) is 0. The highest BCUT2D eigenvalue weighted by atomic mass is 16.7. The Morgan fingerprint density at radius 3 is 2.33 bits per heavy atom. The SMILES string of the molecule is CC(N)O[C@H]1O[C@H](CO)[C@@H](O)[C@H](O)[C@@H]1O. The molecule has 1 unspecified atom stereocenters. The smallest absolute Gasteiger partial charge is 0.188 e. The molecule has 6 N–H and O–H groups in total. The zero-order chi connectivity index (χ0) is 11.6. The van der Waals surface area contributed by atoms with Gasteiger partial charge in [0.25, 0.3) is 0 Å². The molecule has 0 bridgehead atoms. The van der Waals surface area contributed by atoms with Crippen LogP contribution in [-0.4, -0.2) is 64.0 Å². The maximum Gasteiger partial charge on any atom is 0.188 e. The molecule has 7 nitrogen and oxygen atoms in total. The first-order valence-corrected chi connectivity index (χ1v) is 4.69. The fourth-order valence-corrected chi connectivity index (χ4v) is 1.39. The van der Waals surface area contributed by atoms with E-state index < -0.39 is 43.5 Å². The molecule has 1 saturated heterocycles. The van der Waals surface area contributed by atoms with Crippen molar-refractivity contribution in [2.45, 2.75) is 43.9 Å². The molecule has 15 heavy (non-hydrogen) atoms. The van der Waals surface area contributed by atoms with E-state index >= 15 is 0 Å². The van der Waals surface area contributed by atoms with E-state index in [9.17, 15) is 15.3 Å². The van der Waals surface area contributed by atoms with Crippen LogP contribution in [0.15, 0.2) is 0 Å². The molecule has 0 amide bonds. The minimum atomic E-state index is -1.43. The normalized spacial score (nSPS) is 44.0. The van der Waals surface area contributed by atoms with Crippen LogP contribution in [0.25, 0.3) is 0 Å². The molecule has 1 heterocycles. The number of aliphatic hydroxyl groups is 4. The first kappa shape index (κ1) is 12.8. The van der Waals surface area contributed by atoms with E-state index in [2.05, 4.69) is 0 Å². The second-order valence-corrected chi connectivity index (χ2v) is 3.54. The Morgan fingerprint density at radius 2 is 1.87 bits per heavy atom. The Bertz CT molecular complexity index is 200. The lowest BCUT2D eigenvalue weighted by molar-refractivity contribution is -0.309. The van der Waals surface area contributed by atoms with Crippen LogP contribution < -0.4 is 5.73 Å². The predicted molar refractivity (Wildman–Crippen MR) is 48.5 cm³/mol. The van der Waals surface area contributed by atoms with Crippen LogP contribution in [0.5, 0.6) is 0 Å². The van der Waals surface area contributed by atoms with Crippen LogP contribution in [0.3, 0.4) is 0 Å². The van der Waals surface area contributed by atoms with E-state index in [-0.39, 0.29) is 0 Å². The number of rotatable bonds is 3. The zero-order valence-corrected chi connectivity index (χ0v) is 8.35. The number of hydrogen-bond acceptors (Lipinski definition) is 7. The number of ether oxygens (including phenoxy) is 2. The molecule has 1 aliphatic rings. The summed E-state index contributed by atoms with van der Waals surface area (Å²) in [5, 5.41) is 37.1. The third-order valence-electron chi connectivity index (χ3n) is 2.20. The molecule has 90 valence electrons. The summed E-state index contributed by atoms with van der Waals surface area (Å²) >= 11 is 0. The average Bonchev–Trinajstić information content (AvgIpc) is 2.18. The Balaban J connectivity index is 2.65. The third-order valence-corrected chi connectivity index (χ3v) is 2.20. The van der Waals surface area contributed by atoms with Gasteiger partial charge in [-0.3, -0.25) is 0 Å². The maximum absolute atomic E-state index is 9.47. The summed E-state index contributed by atoms with van der Waals surface area (Å²) in [7, 11) is 0.